The lowest BCUT2D eigenvalue weighted by Crippen LogP contribution is -2.45. The summed E-state index contributed by atoms with van der Waals surface area (Å²) in [5.74, 6) is -0.863. The maximum absolute atomic E-state index is 13.5. The summed E-state index contributed by atoms with van der Waals surface area (Å²) < 4.78 is 28.5. The third-order valence-corrected chi connectivity index (χ3v) is 7.68. The van der Waals surface area contributed by atoms with Gasteiger partial charge in [0.15, 0.2) is 0 Å². The first-order valence-electron chi connectivity index (χ1n) is 10.0. The molecule has 0 radical (unpaired) electrons. The molecule has 0 aromatic heterocycles. The number of hydrogen-bond acceptors (Lipinski definition) is 6. The molecule has 1 fully saturated rings. The molecule has 0 aliphatic carbocycles. The van der Waals surface area contributed by atoms with E-state index in [1.165, 1.54) is 29.6 Å². The van der Waals surface area contributed by atoms with Crippen molar-refractivity contribution >= 4 is 21.8 Å². The molecule has 160 valence electrons. The summed E-state index contributed by atoms with van der Waals surface area (Å²) >= 11 is 0. The van der Waals surface area contributed by atoms with Gasteiger partial charge in [0.05, 0.1) is 16.0 Å². The Morgan fingerprint density at radius 1 is 1.10 bits per heavy atom. The lowest BCUT2D eigenvalue weighted by Gasteiger charge is -2.30. The Bertz CT molecular complexity index is 900. The largest absolute Gasteiger partial charge is 0.308 e. The van der Waals surface area contributed by atoms with Crippen LogP contribution in [0.4, 0.5) is 0 Å². The minimum atomic E-state index is -3.80. The first-order valence-corrected chi connectivity index (χ1v) is 11.5. The van der Waals surface area contributed by atoms with E-state index >= 15 is 0 Å². The minimum absolute atomic E-state index is 0.0625. The molecule has 0 saturated carbocycles. The molecule has 1 aromatic carbocycles. The highest BCUT2D eigenvalue weighted by Crippen LogP contribution is 2.27. The number of carbonyl (C=O) groups excluding carboxylic acids is 2. The summed E-state index contributed by atoms with van der Waals surface area (Å²) in [5.41, 5.74) is 0.409. The van der Waals surface area contributed by atoms with Crippen molar-refractivity contribution in [1.82, 2.24) is 19.0 Å². The second-order valence-electron chi connectivity index (χ2n) is 7.97. The zero-order valence-electron chi connectivity index (χ0n) is 17.6. The van der Waals surface area contributed by atoms with Crippen molar-refractivity contribution in [2.75, 3.05) is 53.9 Å². The number of sulfonamides is 1. The topological polar surface area (TPSA) is 81.2 Å². The quantitative estimate of drug-likeness (QED) is 0.580. The van der Waals surface area contributed by atoms with Gasteiger partial charge in [-0.3, -0.25) is 19.4 Å². The van der Waals surface area contributed by atoms with Crippen molar-refractivity contribution in [2.45, 2.75) is 30.7 Å². The van der Waals surface area contributed by atoms with Gasteiger partial charge in [-0.1, -0.05) is 6.92 Å². The Morgan fingerprint density at radius 3 is 2.45 bits per heavy atom. The van der Waals surface area contributed by atoms with Crippen LogP contribution in [0.1, 0.15) is 40.5 Å². The van der Waals surface area contributed by atoms with Gasteiger partial charge in [-0.15, -0.1) is 0 Å². The van der Waals surface area contributed by atoms with E-state index in [1.54, 1.807) is 0 Å². The fourth-order valence-electron chi connectivity index (χ4n) is 4.02. The number of fused-ring (bicyclic) bond motifs is 1. The molecule has 0 N–H and O–H groups in total. The number of carbonyl (C=O) groups is 2. The molecule has 1 atom stereocenters. The van der Waals surface area contributed by atoms with E-state index in [-0.39, 0.29) is 22.1 Å². The maximum Gasteiger partial charge on any atom is 0.261 e. The molecule has 2 aliphatic heterocycles. The Morgan fingerprint density at radius 2 is 1.79 bits per heavy atom. The van der Waals surface area contributed by atoms with Gasteiger partial charge in [0, 0.05) is 32.7 Å². The van der Waals surface area contributed by atoms with Crippen LogP contribution < -0.4 is 0 Å². The molecule has 3 rings (SSSR count). The van der Waals surface area contributed by atoms with Gasteiger partial charge in [-0.05, 0) is 58.2 Å². The molecule has 2 amide bonds. The van der Waals surface area contributed by atoms with Gasteiger partial charge in [-0.25, -0.2) is 8.42 Å². The molecular weight excluding hydrogens is 392 g/mol. The smallest absolute Gasteiger partial charge is 0.261 e. The molecule has 2 heterocycles. The predicted molar refractivity (Wildman–Crippen MR) is 110 cm³/mol. The van der Waals surface area contributed by atoms with Crippen LogP contribution in [0, 0.1) is 0 Å². The van der Waals surface area contributed by atoms with E-state index in [1.807, 2.05) is 19.0 Å². The van der Waals surface area contributed by atoms with Crippen LogP contribution in [0.3, 0.4) is 0 Å². The van der Waals surface area contributed by atoms with Crippen LogP contribution >= 0.6 is 0 Å². The molecule has 0 spiro atoms. The molecule has 1 saturated heterocycles. The van der Waals surface area contributed by atoms with Crippen molar-refractivity contribution < 1.29 is 18.0 Å². The van der Waals surface area contributed by atoms with E-state index in [0.717, 1.165) is 30.8 Å². The molecule has 29 heavy (non-hydrogen) atoms. The summed E-state index contributed by atoms with van der Waals surface area (Å²) in [7, 11) is 1.43. The standard InChI is InChI=1S/C20H30N4O4S/c1-5-23-10-6-7-15(23)14-24(12-11-21(2)3)29(27,28)16-8-9-17-18(13-16)20(26)22(4)19(17)25/h8-9,13,15H,5-7,10-12,14H2,1-4H3. The van der Waals surface area contributed by atoms with Gasteiger partial charge < -0.3 is 4.90 Å². The second kappa shape index (κ2) is 8.51. The van der Waals surface area contributed by atoms with Crippen molar-refractivity contribution in [3.8, 4) is 0 Å². The molecule has 9 heteroatoms. The van der Waals surface area contributed by atoms with Crippen molar-refractivity contribution in [2.24, 2.45) is 0 Å². The summed E-state index contributed by atoms with van der Waals surface area (Å²) in [4.78, 5) is 29.8. The predicted octanol–water partition coefficient (Wildman–Crippen LogP) is 0.949. The van der Waals surface area contributed by atoms with Crippen molar-refractivity contribution in [3.05, 3.63) is 29.3 Å². The zero-order valence-corrected chi connectivity index (χ0v) is 18.4. The number of nitrogens with zero attached hydrogens (tertiary/aromatic N) is 4. The van der Waals surface area contributed by atoms with Gasteiger partial charge in [-0.2, -0.15) is 4.31 Å². The van der Waals surface area contributed by atoms with E-state index in [2.05, 4.69) is 11.8 Å². The van der Waals surface area contributed by atoms with Gasteiger partial charge >= 0.3 is 0 Å². The lowest BCUT2D eigenvalue weighted by atomic mass is 10.1. The first kappa shape index (κ1) is 21.9. The molecule has 1 aromatic rings. The Hall–Kier alpha value is -1.81. The van der Waals surface area contributed by atoms with E-state index < -0.39 is 21.8 Å². The third kappa shape index (κ3) is 4.23. The number of amides is 2. The number of likely N-dealkylation sites (N-methyl/N-ethyl adjacent to an activating group) is 2. The number of imide groups is 1. The second-order valence-corrected chi connectivity index (χ2v) is 9.91. The highest BCUT2D eigenvalue weighted by molar-refractivity contribution is 7.89. The number of likely N-dealkylation sites (tertiary alicyclic amines) is 1. The summed E-state index contributed by atoms with van der Waals surface area (Å²) in [5, 5.41) is 0. The monoisotopic (exact) mass is 422 g/mol. The normalized spacial score (nSPS) is 20.3. The summed E-state index contributed by atoms with van der Waals surface area (Å²) in [6.07, 6.45) is 2.05. The van der Waals surface area contributed by atoms with Gasteiger partial charge in [0.25, 0.3) is 11.8 Å². The SMILES string of the molecule is CCN1CCCC1CN(CCN(C)C)S(=O)(=O)c1ccc2c(c1)C(=O)N(C)C2=O. The van der Waals surface area contributed by atoms with Crippen molar-refractivity contribution in [3.63, 3.8) is 0 Å². The van der Waals surface area contributed by atoms with E-state index in [4.69, 9.17) is 0 Å². The Labute approximate surface area is 173 Å². The Balaban J connectivity index is 1.92. The number of hydrogen-bond donors (Lipinski definition) is 0. The molecule has 0 bridgehead atoms. The van der Waals surface area contributed by atoms with E-state index in [0.29, 0.717) is 19.6 Å². The van der Waals surface area contributed by atoms with Crippen LogP contribution in [0.5, 0.6) is 0 Å². The highest BCUT2D eigenvalue weighted by Gasteiger charge is 2.36. The summed E-state index contributed by atoms with van der Waals surface area (Å²) in [6, 6.07) is 4.43. The minimum Gasteiger partial charge on any atom is -0.308 e. The fraction of sp³-hybridized carbons (Fsp3) is 0.600. The van der Waals surface area contributed by atoms with Gasteiger partial charge in [0.1, 0.15) is 0 Å². The number of benzene rings is 1. The average Bonchev–Trinajstić information content (AvgIpc) is 3.23. The van der Waals surface area contributed by atoms with Crippen LogP contribution in [0.15, 0.2) is 23.1 Å². The van der Waals surface area contributed by atoms with Crippen LogP contribution in [0.2, 0.25) is 0 Å². The molecule has 8 nitrogen and oxygen atoms in total. The number of rotatable bonds is 8. The van der Waals surface area contributed by atoms with E-state index in [9.17, 15) is 18.0 Å². The molecule has 2 aliphatic rings. The summed E-state index contributed by atoms with van der Waals surface area (Å²) in [6.45, 7) is 5.37. The molecule has 1 unspecified atom stereocenters. The van der Waals surface area contributed by atoms with Crippen LogP contribution in [-0.4, -0.2) is 99.1 Å². The fourth-order valence-corrected chi connectivity index (χ4v) is 5.52. The average molecular weight is 423 g/mol. The van der Waals surface area contributed by atoms with Crippen LogP contribution in [-0.2, 0) is 10.0 Å². The van der Waals surface area contributed by atoms with Crippen molar-refractivity contribution in [1.29, 1.82) is 0 Å². The first-order chi connectivity index (χ1) is 13.7. The highest BCUT2D eigenvalue weighted by atomic mass is 32.2. The molecular formula is C20H30N4O4S. The zero-order chi connectivity index (χ0) is 21.3. The lowest BCUT2D eigenvalue weighted by molar-refractivity contribution is 0.0693. The third-order valence-electron chi connectivity index (χ3n) is 5.82. The van der Waals surface area contributed by atoms with Crippen LogP contribution in [0.25, 0.3) is 0 Å². The maximum atomic E-state index is 13.5. The van der Waals surface area contributed by atoms with Gasteiger partial charge in [0.2, 0.25) is 10.0 Å². The Kier molecular flexibility index (Phi) is 6.42.